The van der Waals surface area contributed by atoms with Crippen LogP contribution in [0.5, 0.6) is 0 Å². The summed E-state index contributed by atoms with van der Waals surface area (Å²) in [5.74, 6) is 0. The van der Waals surface area contributed by atoms with Crippen LogP contribution in [0.15, 0.2) is 0 Å². The zero-order valence-corrected chi connectivity index (χ0v) is 7.72. The van der Waals surface area contributed by atoms with E-state index in [1.165, 1.54) is 0 Å². The van der Waals surface area contributed by atoms with Gasteiger partial charge >= 0.3 is 21.7 Å². The fourth-order valence-corrected chi connectivity index (χ4v) is 0. The first-order valence-electron chi connectivity index (χ1n) is 0. The van der Waals surface area contributed by atoms with E-state index in [4.69, 9.17) is 0 Å². The molecule has 0 aromatic carbocycles. The van der Waals surface area contributed by atoms with Crippen molar-refractivity contribution in [2.45, 2.75) is 0 Å². The van der Waals surface area contributed by atoms with E-state index in [2.05, 4.69) is 0 Å². The Morgan fingerprint density at radius 3 is 0.800 bits per heavy atom. The van der Waals surface area contributed by atoms with Gasteiger partial charge in [-0.1, -0.05) is 0 Å². The number of rotatable bonds is 0. The van der Waals surface area contributed by atoms with Crippen molar-refractivity contribution >= 4 is 24.4 Å². The maximum Gasteiger partial charge on any atom is 4.00 e. The van der Waals surface area contributed by atoms with Crippen LogP contribution in [-0.4, -0.2) is 24.4 Å². The Hall–Kier alpha value is 2.04. The van der Waals surface area contributed by atoms with Gasteiger partial charge in [-0.25, -0.2) is 0 Å². The molecule has 0 saturated carbocycles. The Morgan fingerprint density at radius 2 is 0.800 bits per heavy atom. The molecule has 0 aromatic heterocycles. The monoisotopic (exact) mass is 252 g/mol. The first kappa shape index (κ1) is 61.8. The molecule has 0 aliphatic rings. The third kappa shape index (κ3) is 23.7. The quantitative estimate of drug-likeness (QED) is 0.516. The average molecular weight is 253 g/mol. The Labute approximate surface area is 74.9 Å². The standard InChI is InChI=1S/2O.Sb.Ti.V/q2*-2;;+4;. The Balaban J connectivity index is 0. The molecule has 0 unspecified atom stereocenters. The van der Waals surface area contributed by atoms with Gasteiger partial charge in [-0.05, 0) is 0 Å². The Morgan fingerprint density at radius 1 is 0.800 bits per heavy atom. The van der Waals surface area contributed by atoms with Crippen molar-refractivity contribution in [1.29, 1.82) is 0 Å². The van der Waals surface area contributed by atoms with Crippen LogP contribution in [-0.2, 0) is 51.2 Å². The number of hydrogen-bond donors (Lipinski definition) is 0. The third-order valence-electron chi connectivity index (χ3n) is 0. The summed E-state index contributed by atoms with van der Waals surface area (Å²) in [4.78, 5) is 0. The minimum atomic E-state index is 0. The van der Waals surface area contributed by atoms with Crippen LogP contribution in [0.2, 0.25) is 0 Å². The molecule has 0 aromatic rings. The first-order chi connectivity index (χ1) is 0. The molecule has 0 rings (SSSR count). The molecule has 0 heterocycles. The number of hydrogen-bond acceptors (Lipinski definition) is 0. The Kier molecular flexibility index (Phi) is 456. The summed E-state index contributed by atoms with van der Waals surface area (Å²) in [6.07, 6.45) is 0. The normalized spacial score (nSPS) is 0. The summed E-state index contributed by atoms with van der Waals surface area (Å²) in [7, 11) is 0. The summed E-state index contributed by atoms with van der Waals surface area (Å²) in [5.41, 5.74) is 0. The third-order valence-corrected chi connectivity index (χ3v) is 0. The molecule has 0 N–H and O–H groups in total. The molecule has 0 amide bonds. The summed E-state index contributed by atoms with van der Waals surface area (Å²) in [6, 6.07) is 0. The van der Waals surface area contributed by atoms with E-state index >= 15 is 0 Å². The zero-order valence-electron chi connectivity index (χ0n) is 2.21. The van der Waals surface area contributed by atoms with Gasteiger partial charge in [0, 0.05) is 43.0 Å². The van der Waals surface area contributed by atoms with E-state index in [0.29, 0.717) is 0 Å². The molecule has 0 spiro atoms. The van der Waals surface area contributed by atoms with Crippen LogP contribution >= 0.6 is 0 Å². The largest absolute Gasteiger partial charge is 4.00 e. The van der Waals surface area contributed by atoms with Crippen LogP contribution in [0.1, 0.15) is 0 Å². The van der Waals surface area contributed by atoms with Gasteiger partial charge in [-0.3, -0.25) is 0 Å². The Bertz CT molecular complexity index is 9.61. The molecule has 0 aliphatic carbocycles. The van der Waals surface area contributed by atoms with Gasteiger partial charge in [0.2, 0.25) is 0 Å². The maximum atomic E-state index is 0. The van der Waals surface area contributed by atoms with Crippen molar-refractivity contribution in [2.24, 2.45) is 0 Å². The molecule has 26 valence electrons. The summed E-state index contributed by atoms with van der Waals surface area (Å²) in [6.45, 7) is 0. The smallest absolute Gasteiger partial charge is 2.00 e. The second kappa shape index (κ2) is 36.9. The molecule has 0 saturated heterocycles. The maximum absolute atomic E-state index is 0. The second-order valence-electron chi connectivity index (χ2n) is 0. The van der Waals surface area contributed by atoms with E-state index in [0.717, 1.165) is 0 Å². The first-order valence-corrected chi connectivity index (χ1v) is 0. The van der Waals surface area contributed by atoms with Crippen LogP contribution in [0.3, 0.4) is 0 Å². The topological polar surface area (TPSA) is 57.0 Å². The molecule has 5 heteroatoms. The summed E-state index contributed by atoms with van der Waals surface area (Å²) >= 11 is 0. The van der Waals surface area contributed by atoms with Gasteiger partial charge in [0.05, 0.1) is 0 Å². The van der Waals surface area contributed by atoms with Gasteiger partial charge in [-0.15, -0.1) is 0 Å². The molecular formula is O2SbTiV. The van der Waals surface area contributed by atoms with Gasteiger partial charge in [-0.2, -0.15) is 0 Å². The molecule has 2 nitrogen and oxygen atoms in total. The zero-order chi connectivity index (χ0) is 0. The van der Waals surface area contributed by atoms with Crippen molar-refractivity contribution in [3.8, 4) is 0 Å². The van der Waals surface area contributed by atoms with E-state index in [1.807, 2.05) is 0 Å². The van der Waals surface area contributed by atoms with Crippen molar-refractivity contribution in [3.63, 3.8) is 0 Å². The molecule has 4 radical (unpaired) electrons. The molecule has 0 bridgehead atoms. The van der Waals surface area contributed by atoms with E-state index in [9.17, 15) is 0 Å². The predicted octanol–water partition coefficient (Wildman–Crippen LogP) is -0.623. The SMILES string of the molecule is [O-2].[O-2].[Sb].[Ti+4].[V]. The van der Waals surface area contributed by atoms with Crippen molar-refractivity contribution in [1.82, 2.24) is 0 Å². The van der Waals surface area contributed by atoms with Crippen LogP contribution in [0.4, 0.5) is 0 Å². The summed E-state index contributed by atoms with van der Waals surface area (Å²) < 4.78 is 0. The van der Waals surface area contributed by atoms with E-state index < -0.39 is 0 Å². The molecule has 0 atom stereocenters. The fourth-order valence-electron chi connectivity index (χ4n) is 0. The molecule has 5 heavy (non-hydrogen) atoms. The molecular weight excluding hydrogens is 253 g/mol. The fraction of sp³-hybridized carbons (Fsp3) is 0. The van der Waals surface area contributed by atoms with E-state index in [1.54, 1.807) is 0 Å². The van der Waals surface area contributed by atoms with E-state index in [-0.39, 0.29) is 75.7 Å². The predicted molar refractivity (Wildman–Crippen MR) is 7.13 cm³/mol. The van der Waals surface area contributed by atoms with Gasteiger partial charge in [0.25, 0.3) is 0 Å². The van der Waals surface area contributed by atoms with Crippen LogP contribution < -0.4 is 0 Å². The summed E-state index contributed by atoms with van der Waals surface area (Å²) in [5, 5.41) is 0. The molecule has 0 aliphatic heterocycles. The van der Waals surface area contributed by atoms with Crippen LogP contribution in [0.25, 0.3) is 0 Å². The van der Waals surface area contributed by atoms with Crippen molar-refractivity contribution < 1.29 is 51.2 Å². The van der Waals surface area contributed by atoms with Gasteiger partial charge in [0.15, 0.2) is 0 Å². The minimum absolute atomic E-state index is 0. The van der Waals surface area contributed by atoms with Crippen LogP contribution in [0, 0.1) is 0 Å². The van der Waals surface area contributed by atoms with Crippen molar-refractivity contribution in [2.75, 3.05) is 0 Å². The molecule has 0 fully saturated rings. The van der Waals surface area contributed by atoms with Gasteiger partial charge in [0.1, 0.15) is 0 Å². The average Bonchev–Trinajstić information content (AvgIpc) is 0. The van der Waals surface area contributed by atoms with Crippen molar-refractivity contribution in [3.05, 3.63) is 0 Å². The second-order valence-corrected chi connectivity index (χ2v) is 0. The van der Waals surface area contributed by atoms with Gasteiger partial charge < -0.3 is 11.0 Å². The minimum Gasteiger partial charge on any atom is -2.00 e.